The molecule has 0 aliphatic heterocycles. The molecular weight excluding hydrogens is 380 g/mol. The molecule has 0 unspecified atom stereocenters. The van der Waals surface area contributed by atoms with Crippen molar-refractivity contribution in [1.29, 1.82) is 4.78 Å². The largest absolute Gasteiger partial charge is 0.481 e. The van der Waals surface area contributed by atoms with Crippen LogP contribution in [0.1, 0.15) is 23.2 Å². The summed E-state index contributed by atoms with van der Waals surface area (Å²) in [5.41, 5.74) is 2.80. The van der Waals surface area contributed by atoms with Crippen LogP contribution in [0.2, 0.25) is 0 Å². The number of hydrogen-bond donors (Lipinski definition) is 2. The quantitative estimate of drug-likeness (QED) is 0.619. The highest BCUT2D eigenvalue weighted by Gasteiger charge is 2.17. The molecular formula is C18H22N6O3S. The SMILES string of the molecule is Cc1nc2ncnn2c(N(C)C)c1Cc1ccc([S@@](=N)(=O)CCC(=O)O)cc1. The van der Waals surface area contributed by atoms with Crippen molar-refractivity contribution >= 4 is 27.3 Å². The van der Waals surface area contributed by atoms with Crippen molar-refractivity contribution in [2.24, 2.45) is 0 Å². The highest BCUT2D eigenvalue weighted by atomic mass is 32.2. The Kier molecular flexibility index (Phi) is 5.32. The molecule has 28 heavy (non-hydrogen) atoms. The Hall–Kier alpha value is -3.01. The molecule has 9 nitrogen and oxygen atoms in total. The molecule has 0 aliphatic carbocycles. The summed E-state index contributed by atoms with van der Waals surface area (Å²) in [5, 5.41) is 13.0. The molecule has 148 valence electrons. The van der Waals surface area contributed by atoms with Crippen molar-refractivity contribution in [2.75, 3.05) is 24.7 Å². The second-order valence-electron chi connectivity index (χ2n) is 6.71. The Bertz CT molecular complexity index is 1120. The van der Waals surface area contributed by atoms with Gasteiger partial charge in [-0.15, -0.1) is 0 Å². The lowest BCUT2D eigenvalue weighted by Gasteiger charge is -2.20. The smallest absolute Gasteiger partial charge is 0.304 e. The van der Waals surface area contributed by atoms with Crippen molar-refractivity contribution in [2.45, 2.75) is 24.7 Å². The molecule has 0 bridgehead atoms. The van der Waals surface area contributed by atoms with Crippen LogP contribution in [0.15, 0.2) is 35.5 Å². The molecule has 2 N–H and O–H groups in total. The molecule has 2 heterocycles. The first-order chi connectivity index (χ1) is 13.2. The van der Waals surface area contributed by atoms with E-state index in [4.69, 9.17) is 9.89 Å². The predicted molar refractivity (Wildman–Crippen MR) is 105 cm³/mol. The summed E-state index contributed by atoms with van der Waals surface area (Å²) in [7, 11) is 0.742. The zero-order chi connectivity index (χ0) is 20.5. The van der Waals surface area contributed by atoms with Crippen molar-refractivity contribution in [1.82, 2.24) is 19.6 Å². The molecule has 3 rings (SSSR count). The molecule has 0 saturated heterocycles. The van der Waals surface area contributed by atoms with Crippen LogP contribution in [-0.4, -0.2) is 54.7 Å². The molecule has 0 fully saturated rings. The van der Waals surface area contributed by atoms with E-state index in [0.717, 1.165) is 22.6 Å². The third-order valence-corrected chi connectivity index (χ3v) is 6.23. The molecule has 1 aromatic carbocycles. The topological polar surface area (TPSA) is 125 Å². The monoisotopic (exact) mass is 402 g/mol. The lowest BCUT2D eigenvalue weighted by Crippen LogP contribution is -2.18. The minimum Gasteiger partial charge on any atom is -0.481 e. The van der Waals surface area contributed by atoms with Gasteiger partial charge in [-0.1, -0.05) is 12.1 Å². The van der Waals surface area contributed by atoms with Gasteiger partial charge in [0.05, 0.1) is 16.1 Å². The van der Waals surface area contributed by atoms with Gasteiger partial charge in [0.15, 0.2) is 0 Å². The maximum absolute atomic E-state index is 12.4. The van der Waals surface area contributed by atoms with Crippen LogP contribution in [0, 0.1) is 11.7 Å². The number of nitrogens with zero attached hydrogens (tertiary/aromatic N) is 5. The number of carboxylic acid groups (broad SMARTS) is 1. The normalized spacial score (nSPS) is 13.4. The van der Waals surface area contributed by atoms with Crippen LogP contribution >= 0.6 is 0 Å². The Labute approximate surface area is 163 Å². The molecule has 1 atom stereocenters. The minimum absolute atomic E-state index is 0.196. The first kappa shape index (κ1) is 19.7. The number of benzene rings is 1. The van der Waals surface area contributed by atoms with Gasteiger partial charge in [0, 0.05) is 42.4 Å². The van der Waals surface area contributed by atoms with Gasteiger partial charge >= 0.3 is 5.97 Å². The third-order valence-electron chi connectivity index (χ3n) is 4.42. The van der Waals surface area contributed by atoms with E-state index < -0.39 is 15.7 Å². The van der Waals surface area contributed by atoms with Gasteiger partial charge in [0.1, 0.15) is 12.1 Å². The van der Waals surface area contributed by atoms with Gasteiger partial charge < -0.3 is 10.0 Å². The second-order valence-corrected chi connectivity index (χ2v) is 8.94. The van der Waals surface area contributed by atoms with E-state index in [1.807, 2.05) is 38.1 Å². The fourth-order valence-electron chi connectivity index (χ4n) is 3.01. The van der Waals surface area contributed by atoms with Crippen molar-refractivity contribution in [3.63, 3.8) is 0 Å². The van der Waals surface area contributed by atoms with E-state index in [1.165, 1.54) is 6.33 Å². The zero-order valence-electron chi connectivity index (χ0n) is 15.9. The standard InChI is InChI=1S/C18H22N6O3S/c1-12-15(17(23(2)3)24-18(22-12)20-11-21-24)10-13-4-6-14(7-5-13)28(19,27)9-8-16(25)26/h4-7,11,19H,8-10H2,1-3H3,(H,25,26)/t28-/m0/s1. The summed E-state index contributed by atoms with van der Waals surface area (Å²) in [4.78, 5) is 21.7. The van der Waals surface area contributed by atoms with E-state index in [1.54, 1.807) is 16.6 Å². The summed E-state index contributed by atoms with van der Waals surface area (Å²) in [6, 6.07) is 6.90. The molecule has 0 amide bonds. The number of aliphatic carboxylic acids is 1. The summed E-state index contributed by atoms with van der Waals surface area (Å²) in [6.45, 7) is 1.92. The first-order valence-electron chi connectivity index (χ1n) is 8.63. The number of fused-ring (bicyclic) bond motifs is 1. The third kappa shape index (κ3) is 3.96. The molecule has 0 saturated carbocycles. The van der Waals surface area contributed by atoms with Crippen LogP contribution in [0.25, 0.3) is 5.78 Å². The van der Waals surface area contributed by atoms with Crippen LogP contribution in [-0.2, 0) is 20.9 Å². The Morgan fingerprint density at radius 1 is 1.29 bits per heavy atom. The maximum Gasteiger partial charge on any atom is 0.304 e. The van der Waals surface area contributed by atoms with Gasteiger partial charge in [0.2, 0.25) is 0 Å². The average molecular weight is 402 g/mol. The number of aryl methyl sites for hydroxylation is 1. The summed E-state index contributed by atoms with van der Waals surface area (Å²) >= 11 is 0. The molecule has 0 spiro atoms. The van der Waals surface area contributed by atoms with Crippen molar-refractivity contribution < 1.29 is 14.1 Å². The number of carbonyl (C=O) groups is 1. The Balaban J connectivity index is 1.92. The first-order valence-corrected chi connectivity index (χ1v) is 10.4. The van der Waals surface area contributed by atoms with E-state index in [2.05, 4.69) is 15.1 Å². The predicted octanol–water partition coefficient (Wildman–Crippen LogP) is 1.97. The number of carboxylic acids is 1. The number of anilines is 1. The lowest BCUT2D eigenvalue weighted by atomic mass is 10.0. The van der Waals surface area contributed by atoms with E-state index in [9.17, 15) is 9.00 Å². The van der Waals surface area contributed by atoms with E-state index in [-0.39, 0.29) is 12.2 Å². The number of rotatable bonds is 7. The number of aromatic nitrogens is 4. The Morgan fingerprint density at radius 3 is 2.57 bits per heavy atom. The molecule has 2 aromatic heterocycles. The summed E-state index contributed by atoms with van der Waals surface area (Å²) < 4.78 is 22.1. The number of nitrogens with one attached hydrogen (secondary N) is 1. The maximum atomic E-state index is 12.4. The van der Waals surface area contributed by atoms with Gasteiger partial charge in [0.25, 0.3) is 5.78 Å². The van der Waals surface area contributed by atoms with Gasteiger partial charge in [-0.25, -0.2) is 14.0 Å². The molecule has 3 aromatic rings. The summed E-state index contributed by atoms with van der Waals surface area (Å²) in [6.07, 6.45) is 1.76. The van der Waals surface area contributed by atoms with E-state index >= 15 is 0 Å². The highest BCUT2D eigenvalue weighted by Crippen LogP contribution is 2.25. The van der Waals surface area contributed by atoms with E-state index in [0.29, 0.717) is 17.1 Å². The van der Waals surface area contributed by atoms with Gasteiger partial charge in [-0.3, -0.25) is 4.79 Å². The second kappa shape index (κ2) is 7.55. The highest BCUT2D eigenvalue weighted by molar-refractivity contribution is 7.92. The number of hydrogen-bond acceptors (Lipinski definition) is 7. The van der Waals surface area contributed by atoms with Gasteiger partial charge in [-0.05, 0) is 24.6 Å². The van der Waals surface area contributed by atoms with Crippen molar-refractivity contribution in [3.05, 3.63) is 47.4 Å². The fraction of sp³-hybridized carbons (Fsp3) is 0.333. The molecule has 0 radical (unpaired) electrons. The van der Waals surface area contributed by atoms with Gasteiger partial charge in [-0.2, -0.15) is 14.6 Å². The van der Waals surface area contributed by atoms with Crippen LogP contribution < -0.4 is 4.90 Å². The molecule has 10 heteroatoms. The van der Waals surface area contributed by atoms with Crippen LogP contribution in [0.3, 0.4) is 0 Å². The van der Waals surface area contributed by atoms with Crippen molar-refractivity contribution in [3.8, 4) is 0 Å². The Morgan fingerprint density at radius 2 is 1.96 bits per heavy atom. The lowest BCUT2D eigenvalue weighted by molar-refractivity contribution is -0.136. The summed E-state index contributed by atoms with van der Waals surface area (Å²) in [5.74, 6) is 0.167. The van der Waals surface area contributed by atoms with Crippen LogP contribution in [0.5, 0.6) is 0 Å². The molecule has 0 aliphatic rings. The van der Waals surface area contributed by atoms with Crippen LogP contribution in [0.4, 0.5) is 5.82 Å². The average Bonchev–Trinajstić information content (AvgIpc) is 3.08. The minimum atomic E-state index is -3.12. The fourth-order valence-corrected chi connectivity index (χ4v) is 4.29. The zero-order valence-corrected chi connectivity index (χ0v) is 16.7.